The summed E-state index contributed by atoms with van der Waals surface area (Å²) < 4.78 is 4.99. The molecule has 0 bridgehead atoms. The molecule has 1 aromatic rings. The van der Waals surface area contributed by atoms with Gasteiger partial charge in [0.2, 0.25) is 0 Å². The molecule has 2 rings (SSSR count). The minimum Gasteiger partial charge on any atom is -0.508 e. The van der Waals surface area contributed by atoms with Crippen LogP contribution in [0.1, 0.15) is 43.5 Å². The molecule has 1 fully saturated rings. The van der Waals surface area contributed by atoms with E-state index in [0.29, 0.717) is 11.8 Å². The van der Waals surface area contributed by atoms with Crippen LogP contribution in [0.3, 0.4) is 0 Å². The minimum atomic E-state index is -0.615. The van der Waals surface area contributed by atoms with E-state index in [9.17, 15) is 14.7 Å². The third-order valence-electron chi connectivity index (χ3n) is 4.47. The number of nitrogens with one attached hydrogen (secondary N) is 1. The van der Waals surface area contributed by atoms with Gasteiger partial charge in [0.15, 0.2) is 6.61 Å². The summed E-state index contributed by atoms with van der Waals surface area (Å²) in [5.74, 6) is 0.118. The third-order valence-corrected chi connectivity index (χ3v) is 4.47. The van der Waals surface area contributed by atoms with Crippen molar-refractivity contribution in [3.8, 4) is 5.75 Å². The highest BCUT2D eigenvalue weighted by Gasteiger charge is 2.28. The van der Waals surface area contributed by atoms with Gasteiger partial charge in [-0.05, 0) is 36.5 Å². The number of carbonyl (C=O) groups excluding carboxylic acids is 2. The molecule has 0 unspecified atom stereocenters. The van der Waals surface area contributed by atoms with Crippen molar-refractivity contribution >= 4 is 11.9 Å². The second-order valence-electron chi connectivity index (χ2n) is 6.07. The molecule has 1 aromatic carbocycles. The number of benzene rings is 1. The molecule has 0 radical (unpaired) electrons. The Hall–Kier alpha value is -2.04. The zero-order valence-corrected chi connectivity index (χ0v) is 13.0. The Bertz CT molecular complexity index is 543. The summed E-state index contributed by atoms with van der Waals surface area (Å²) in [6.07, 6.45) is 3.28. The normalized spacial score (nSPS) is 24.5. The number of hydrogen-bond donors (Lipinski definition) is 2. The van der Waals surface area contributed by atoms with Gasteiger partial charge in [0, 0.05) is 6.04 Å². The molecule has 3 atom stereocenters. The van der Waals surface area contributed by atoms with E-state index in [0.717, 1.165) is 12.8 Å². The number of phenols is 1. The molecule has 1 aliphatic rings. The summed E-state index contributed by atoms with van der Waals surface area (Å²) >= 11 is 0. The first-order valence-electron chi connectivity index (χ1n) is 7.73. The molecule has 0 heterocycles. The number of aromatic hydroxyl groups is 1. The summed E-state index contributed by atoms with van der Waals surface area (Å²) in [5.41, 5.74) is 0.229. The second kappa shape index (κ2) is 7.29. The predicted molar refractivity (Wildman–Crippen MR) is 82.5 cm³/mol. The van der Waals surface area contributed by atoms with E-state index in [1.54, 1.807) is 6.07 Å². The number of ether oxygens (including phenoxy) is 1. The lowest BCUT2D eigenvalue weighted by molar-refractivity contribution is -0.125. The van der Waals surface area contributed by atoms with Gasteiger partial charge in [-0.15, -0.1) is 0 Å². The predicted octanol–water partition coefficient (Wildman–Crippen LogP) is 2.49. The highest BCUT2D eigenvalue weighted by molar-refractivity contribution is 5.91. The molecule has 0 saturated heterocycles. The van der Waals surface area contributed by atoms with Gasteiger partial charge < -0.3 is 15.2 Å². The van der Waals surface area contributed by atoms with Crippen molar-refractivity contribution in [2.75, 3.05) is 6.61 Å². The molecule has 1 saturated carbocycles. The quantitative estimate of drug-likeness (QED) is 0.838. The summed E-state index contributed by atoms with van der Waals surface area (Å²) in [6, 6.07) is 6.01. The smallest absolute Gasteiger partial charge is 0.338 e. The van der Waals surface area contributed by atoms with Crippen LogP contribution in [0.4, 0.5) is 0 Å². The van der Waals surface area contributed by atoms with Gasteiger partial charge in [-0.25, -0.2) is 4.79 Å². The van der Waals surface area contributed by atoms with Gasteiger partial charge in [-0.2, -0.15) is 0 Å². The van der Waals surface area contributed by atoms with E-state index in [1.165, 1.54) is 24.6 Å². The van der Waals surface area contributed by atoms with Crippen LogP contribution in [-0.2, 0) is 9.53 Å². The molecule has 22 heavy (non-hydrogen) atoms. The van der Waals surface area contributed by atoms with Gasteiger partial charge in [0.1, 0.15) is 5.75 Å². The van der Waals surface area contributed by atoms with E-state index < -0.39 is 5.97 Å². The van der Waals surface area contributed by atoms with Crippen molar-refractivity contribution in [3.05, 3.63) is 29.8 Å². The Morgan fingerprint density at radius 3 is 2.82 bits per heavy atom. The highest BCUT2D eigenvalue weighted by Crippen LogP contribution is 2.29. The van der Waals surface area contributed by atoms with E-state index in [-0.39, 0.29) is 29.9 Å². The van der Waals surface area contributed by atoms with Gasteiger partial charge in [-0.1, -0.05) is 32.8 Å². The Morgan fingerprint density at radius 2 is 2.09 bits per heavy atom. The first-order chi connectivity index (χ1) is 10.5. The lowest BCUT2D eigenvalue weighted by Crippen LogP contribution is -2.45. The monoisotopic (exact) mass is 305 g/mol. The maximum Gasteiger partial charge on any atom is 0.338 e. The number of phenolic OH excluding ortho intramolecular Hbond substituents is 1. The minimum absolute atomic E-state index is 0.0103. The van der Waals surface area contributed by atoms with E-state index in [2.05, 4.69) is 19.2 Å². The standard InChI is InChI=1S/C17H23NO4/c1-11-5-3-8-15(12(11)2)18-16(20)10-22-17(21)13-6-4-7-14(19)9-13/h4,6-7,9,11-12,15,19H,3,5,8,10H2,1-2H3,(H,18,20)/t11-,12-,15+/m1/s1. The van der Waals surface area contributed by atoms with Crippen molar-refractivity contribution in [2.45, 2.75) is 39.2 Å². The fraction of sp³-hybridized carbons (Fsp3) is 0.529. The highest BCUT2D eigenvalue weighted by atomic mass is 16.5. The van der Waals surface area contributed by atoms with Gasteiger partial charge in [0.25, 0.3) is 5.91 Å². The van der Waals surface area contributed by atoms with Crippen molar-refractivity contribution in [2.24, 2.45) is 11.8 Å². The fourth-order valence-electron chi connectivity index (χ4n) is 2.88. The number of rotatable bonds is 4. The molecule has 0 aromatic heterocycles. The van der Waals surface area contributed by atoms with Crippen LogP contribution >= 0.6 is 0 Å². The maximum atomic E-state index is 11.9. The van der Waals surface area contributed by atoms with E-state index in [1.807, 2.05) is 0 Å². The van der Waals surface area contributed by atoms with Crippen LogP contribution in [0, 0.1) is 11.8 Å². The van der Waals surface area contributed by atoms with Crippen LogP contribution in [0.5, 0.6) is 5.75 Å². The molecule has 5 heteroatoms. The average molecular weight is 305 g/mol. The first kappa shape index (κ1) is 16.3. The average Bonchev–Trinajstić information content (AvgIpc) is 2.49. The van der Waals surface area contributed by atoms with E-state index in [4.69, 9.17) is 4.74 Å². The van der Waals surface area contributed by atoms with Crippen LogP contribution in [0.2, 0.25) is 0 Å². The van der Waals surface area contributed by atoms with Crippen molar-refractivity contribution in [1.29, 1.82) is 0 Å². The first-order valence-corrected chi connectivity index (χ1v) is 7.73. The van der Waals surface area contributed by atoms with Gasteiger partial charge in [-0.3, -0.25) is 4.79 Å². The van der Waals surface area contributed by atoms with Crippen molar-refractivity contribution in [1.82, 2.24) is 5.32 Å². The van der Waals surface area contributed by atoms with Gasteiger partial charge in [0.05, 0.1) is 5.56 Å². The van der Waals surface area contributed by atoms with E-state index >= 15 is 0 Å². The summed E-state index contributed by atoms with van der Waals surface area (Å²) in [4.78, 5) is 23.7. The lowest BCUT2D eigenvalue weighted by atomic mass is 9.78. The largest absolute Gasteiger partial charge is 0.508 e. The SMILES string of the molecule is C[C@@H]1[C@H](C)CCC[C@@H]1NC(=O)COC(=O)c1cccc(O)c1. The topological polar surface area (TPSA) is 75.6 Å². The fourth-order valence-corrected chi connectivity index (χ4v) is 2.88. The molecule has 2 N–H and O–H groups in total. The Balaban J connectivity index is 1.81. The molecule has 1 amide bonds. The molecular formula is C17H23NO4. The number of hydrogen-bond acceptors (Lipinski definition) is 4. The molecule has 0 aliphatic heterocycles. The number of amides is 1. The number of esters is 1. The zero-order valence-electron chi connectivity index (χ0n) is 13.0. The van der Waals surface area contributed by atoms with Crippen LogP contribution < -0.4 is 5.32 Å². The Morgan fingerprint density at radius 1 is 1.32 bits per heavy atom. The Labute approximate surface area is 130 Å². The molecule has 120 valence electrons. The van der Waals surface area contributed by atoms with Crippen LogP contribution in [0.15, 0.2) is 24.3 Å². The van der Waals surface area contributed by atoms with Crippen LogP contribution in [0.25, 0.3) is 0 Å². The summed E-state index contributed by atoms with van der Waals surface area (Å²) in [5, 5.41) is 12.3. The molecule has 5 nitrogen and oxygen atoms in total. The second-order valence-corrected chi connectivity index (χ2v) is 6.07. The van der Waals surface area contributed by atoms with Crippen molar-refractivity contribution in [3.63, 3.8) is 0 Å². The lowest BCUT2D eigenvalue weighted by Gasteiger charge is -2.34. The van der Waals surface area contributed by atoms with Crippen LogP contribution in [-0.4, -0.2) is 29.6 Å². The zero-order chi connectivity index (χ0) is 16.1. The molecular weight excluding hydrogens is 282 g/mol. The number of carbonyl (C=O) groups is 2. The van der Waals surface area contributed by atoms with Crippen molar-refractivity contribution < 1.29 is 19.4 Å². The summed E-state index contributed by atoms with van der Waals surface area (Å²) in [7, 11) is 0. The third kappa shape index (κ3) is 4.23. The summed E-state index contributed by atoms with van der Waals surface area (Å²) in [6.45, 7) is 4.05. The maximum absolute atomic E-state index is 11.9. The van der Waals surface area contributed by atoms with Gasteiger partial charge >= 0.3 is 5.97 Å². The molecule has 1 aliphatic carbocycles. The Kier molecular flexibility index (Phi) is 5.41. The molecule has 0 spiro atoms.